The summed E-state index contributed by atoms with van der Waals surface area (Å²) in [5, 5.41) is 0. The molecule has 0 aliphatic carbocycles. The summed E-state index contributed by atoms with van der Waals surface area (Å²) in [7, 11) is 0. The van der Waals surface area contributed by atoms with E-state index in [0.29, 0.717) is 25.4 Å². The van der Waals surface area contributed by atoms with Crippen molar-refractivity contribution in [2.75, 3.05) is 6.54 Å². The molecule has 29 heavy (non-hydrogen) atoms. The van der Waals surface area contributed by atoms with Gasteiger partial charge >= 0.3 is 0 Å². The molecule has 1 aliphatic heterocycles. The van der Waals surface area contributed by atoms with Gasteiger partial charge in [-0.15, -0.1) is 0 Å². The lowest BCUT2D eigenvalue weighted by Crippen LogP contribution is -2.64. The Labute approximate surface area is 174 Å². The second kappa shape index (κ2) is 9.25. The van der Waals surface area contributed by atoms with E-state index in [-0.39, 0.29) is 11.8 Å². The highest BCUT2D eigenvalue weighted by Gasteiger charge is 2.43. The van der Waals surface area contributed by atoms with Crippen LogP contribution in [0, 0.1) is 12.8 Å². The summed E-state index contributed by atoms with van der Waals surface area (Å²) in [4.78, 5) is 30.5. The second-order valence-corrected chi connectivity index (χ2v) is 8.34. The number of benzene rings is 2. The Morgan fingerprint density at radius 1 is 0.931 bits per heavy atom. The number of piperazine rings is 1. The molecule has 3 atom stereocenters. The zero-order valence-corrected chi connectivity index (χ0v) is 18.0. The minimum Gasteiger partial charge on any atom is -0.328 e. The van der Waals surface area contributed by atoms with Crippen LogP contribution in [0.3, 0.4) is 0 Å². The lowest BCUT2D eigenvalue weighted by Gasteiger charge is -2.45. The number of carbonyl (C=O) groups is 2. The molecular weight excluding hydrogens is 360 g/mol. The maximum Gasteiger partial charge on any atom is 0.246 e. The fourth-order valence-electron chi connectivity index (χ4n) is 3.98. The highest BCUT2D eigenvalue weighted by Crippen LogP contribution is 2.25. The minimum atomic E-state index is -0.446. The normalized spacial score (nSPS) is 20.8. The van der Waals surface area contributed by atoms with E-state index in [0.717, 1.165) is 17.5 Å². The van der Waals surface area contributed by atoms with Crippen LogP contribution in [0.1, 0.15) is 43.9 Å². The Kier molecular flexibility index (Phi) is 6.73. The van der Waals surface area contributed by atoms with Crippen molar-refractivity contribution in [2.24, 2.45) is 5.92 Å². The summed E-state index contributed by atoms with van der Waals surface area (Å²) in [6.45, 7) is 9.27. The summed E-state index contributed by atoms with van der Waals surface area (Å²) < 4.78 is 0. The Morgan fingerprint density at radius 2 is 1.62 bits per heavy atom. The summed E-state index contributed by atoms with van der Waals surface area (Å²) in [6.07, 6.45) is 1.54. The van der Waals surface area contributed by atoms with E-state index < -0.39 is 12.1 Å². The first-order valence-corrected chi connectivity index (χ1v) is 10.6. The van der Waals surface area contributed by atoms with Crippen molar-refractivity contribution in [1.29, 1.82) is 0 Å². The Morgan fingerprint density at radius 3 is 2.28 bits per heavy atom. The molecule has 2 amide bonds. The van der Waals surface area contributed by atoms with Crippen molar-refractivity contribution < 1.29 is 9.59 Å². The van der Waals surface area contributed by atoms with Crippen LogP contribution in [-0.4, -0.2) is 40.2 Å². The van der Waals surface area contributed by atoms with Gasteiger partial charge in [-0.25, -0.2) is 0 Å². The number of nitrogens with zero attached hydrogens (tertiary/aromatic N) is 2. The lowest BCUT2D eigenvalue weighted by atomic mass is 9.95. The third kappa shape index (κ3) is 4.87. The van der Waals surface area contributed by atoms with E-state index in [9.17, 15) is 9.59 Å². The first-order chi connectivity index (χ1) is 13.9. The number of amides is 2. The molecular formula is C25H32N2O2. The Balaban J connectivity index is 1.91. The molecule has 3 rings (SSSR count). The summed E-state index contributed by atoms with van der Waals surface area (Å²) >= 11 is 0. The fraction of sp³-hybridized carbons (Fsp3) is 0.440. The van der Waals surface area contributed by atoms with Crippen molar-refractivity contribution in [1.82, 2.24) is 9.80 Å². The molecule has 1 saturated heterocycles. The first kappa shape index (κ1) is 21.1. The zero-order valence-electron chi connectivity index (χ0n) is 18.0. The summed E-state index contributed by atoms with van der Waals surface area (Å²) in [5.41, 5.74) is 3.31. The maximum absolute atomic E-state index is 13.6. The molecule has 154 valence electrons. The molecule has 1 heterocycles. The number of hydrogen-bond acceptors (Lipinski definition) is 2. The zero-order chi connectivity index (χ0) is 21.0. The van der Waals surface area contributed by atoms with Crippen molar-refractivity contribution >= 4 is 11.8 Å². The van der Waals surface area contributed by atoms with E-state index in [2.05, 4.69) is 32.9 Å². The Hall–Kier alpha value is -2.62. The third-order valence-electron chi connectivity index (χ3n) is 5.96. The van der Waals surface area contributed by atoms with E-state index in [1.807, 2.05) is 54.3 Å². The van der Waals surface area contributed by atoms with Crippen molar-refractivity contribution in [3.63, 3.8) is 0 Å². The highest BCUT2D eigenvalue weighted by molar-refractivity contribution is 5.97. The van der Waals surface area contributed by atoms with Gasteiger partial charge in [0.15, 0.2) is 0 Å². The maximum atomic E-state index is 13.6. The summed E-state index contributed by atoms with van der Waals surface area (Å²) in [6, 6.07) is 17.2. The molecule has 1 aliphatic rings. The van der Waals surface area contributed by atoms with Crippen LogP contribution >= 0.6 is 0 Å². The van der Waals surface area contributed by atoms with Gasteiger partial charge in [0.1, 0.15) is 12.1 Å². The minimum absolute atomic E-state index is 0.0470. The molecule has 0 spiro atoms. The predicted octanol–water partition coefficient (Wildman–Crippen LogP) is 4.21. The van der Waals surface area contributed by atoms with Crippen LogP contribution in [0.5, 0.6) is 0 Å². The van der Waals surface area contributed by atoms with Gasteiger partial charge < -0.3 is 9.80 Å². The van der Waals surface area contributed by atoms with Gasteiger partial charge in [-0.05, 0) is 30.9 Å². The van der Waals surface area contributed by atoms with Crippen molar-refractivity contribution in [2.45, 2.75) is 59.2 Å². The van der Waals surface area contributed by atoms with Gasteiger partial charge in [-0.2, -0.15) is 0 Å². The summed E-state index contributed by atoms with van der Waals surface area (Å²) in [5.74, 6) is 0.462. The topological polar surface area (TPSA) is 40.6 Å². The predicted molar refractivity (Wildman–Crippen MR) is 116 cm³/mol. The van der Waals surface area contributed by atoms with Gasteiger partial charge in [-0.1, -0.05) is 80.4 Å². The van der Waals surface area contributed by atoms with Crippen LogP contribution in [-0.2, 0) is 22.6 Å². The van der Waals surface area contributed by atoms with Crippen LogP contribution in [0.2, 0.25) is 0 Å². The standard InChI is InChI=1S/C25H32N2O2/c1-5-18(2)16-27-23(15-22-13-9-10-19(3)14-22)25(29)26(20(4)24(27)28)17-21-11-7-6-8-12-21/h6-14,18,20,23H,5,15-17H2,1-4H3. The molecule has 0 bridgehead atoms. The molecule has 0 saturated carbocycles. The number of rotatable bonds is 7. The first-order valence-electron chi connectivity index (χ1n) is 10.6. The fourth-order valence-corrected chi connectivity index (χ4v) is 3.98. The SMILES string of the molecule is CCC(C)CN1C(=O)C(C)N(Cc2ccccc2)C(=O)C1Cc1cccc(C)c1. The number of carbonyl (C=O) groups excluding carboxylic acids is 2. The third-order valence-corrected chi connectivity index (χ3v) is 5.96. The monoisotopic (exact) mass is 392 g/mol. The molecule has 2 aromatic rings. The Bertz CT molecular complexity index is 849. The smallest absolute Gasteiger partial charge is 0.246 e. The number of hydrogen-bond donors (Lipinski definition) is 0. The van der Waals surface area contributed by atoms with Crippen molar-refractivity contribution in [3.05, 3.63) is 71.3 Å². The van der Waals surface area contributed by atoms with Gasteiger partial charge in [0, 0.05) is 19.5 Å². The second-order valence-electron chi connectivity index (χ2n) is 8.34. The molecule has 0 radical (unpaired) electrons. The largest absolute Gasteiger partial charge is 0.328 e. The highest BCUT2D eigenvalue weighted by atomic mass is 16.2. The molecule has 4 heteroatoms. The van der Waals surface area contributed by atoms with Crippen LogP contribution in [0.25, 0.3) is 0 Å². The van der Waals surface area contributed by atoms with E-state index in [1.165, 1.54) is 5.56 Å². The lowest BCUT2D eigenvalue weighted by molar-refractivity contribution is -0.162. The van der Waals surface area contributed by atoms with Gasteiger partial charge in [0.05, 0.1) is 0 Å². The molecule has 0 aromatic heterocycles. The van der Waals surface area contributed by atoms with E-state index >= 15 is 0 Å². The van der Waals surface area contributed by atoms with Gasteiger partial charge in [0.25, 0.3) is 0 Å². The number of aryl methyl sites for hydroxylation is 1. The van der Waals surface area contributed by atoms with Gasteiger partial charge in [0.2, 0.25) is 11.8 Å². The van der Waals surface area contributed by atoms with Crippen LogP contribution < -0.4 is 0 Å². The molecule has 1 fully saturated rings. The van der Waals surface area contributed by atoms with E-state index in [4.69, 9.17) is 0 Å². The van der Waals surface area contributed by atoms with E-state index in [1.54, 1.807) is 4.90 Å². The van der Waals surface area contributed by atoms with Gasteiger partial charge in [-0.3, -0.25) is 9.59 Å². The molecule has 2 aromatic carbocycles. The average molecular weight is 393 g/mol. The molecule has 0 N–H and O–H groups in total. The molecule has 4 nitrogen and oxygen atoms in total. The average Bonchev–Trinajstić information content (AvgIpc) is 2.72. The van der Waals surface area contributed by atoms with Crippen LogP contribution in [0.4, 0.5) is 0 Å². The molecule has 3 unspecified atom stereocenters. The quantitative estimate of drug-likeness (QED) is 0.708. The van der Waals surface area contributed by atoms with Crippen LogP contribution in [0.15, 0.2) is 54.6 Å². The van der Waals surface area contributed by atoms with Crippen molar-refractivity contribution in [3.8, 4) is 0 Å².